The third kappa shape index (κ3) is 2.70. The molecule has 1 aromatic heterocycles. The molecule has 0 amide bonds. The van der Waals surface area contributed by atoms with E-state index in [4.69, 9.17) is 4.74 Å². The SMILES string of the molecule is CCc1cccc(Oc2cc(C#N)c3ccccc3n2)c1. The quantitative estimate of drug-likeness (QED) is 0.708. The van der Waals surface area contributed by atoms with Crippen molar-refractivity contribution in [2.24, 2.45) is 0 Å². The lowest BCUT2D eigenvalue weighted by Gasteiger charge is -2.08. The standard InChI is InChI=1S/C18H14N2O/c1-2-13-6-5-7-15(10-13)21-18-11-14(12-19)16-8-3-4-9-17(16)20-18/h3-11H,2H2,1H3. The zero-order valence-corrected chi connectivity index (χ0v) is 11.7. The average Bonchev–Trinajstić information content (AvgIpc) is 2.54. The molecule has 3 aromatic rings. The number of nitriles is 1. The van der Waals surface area contributed by atoms with Gasteiger partial charge in [0.25, 0.3) is 0 Å². The number of aromatic nitrogens is 1. The third-order valence-corrected chi connectivity index (χ3v) is 3.34. The highest BCUT2D eigenvalue weighted by molar-refractivity contribution is 5.85. The number of aryl methyl sites for hydroxylation is 1. The Morgan fingerprint density at radius 2 is 1.95 bits per heavy atom. The van der Waals surface area contributed by atoms with Crippen molar-refractivity contribution in [3.05, 3.63) is 65.7 Å². The van der Waals surface area contributed by atoms with Gasteiger partial charge in [-0.2, -0.15) is 5.26 Å². The first kappa shape index (κ1) is 13.1. The predicted molar refractivity (Wildman–Crippen MR) is 82.4 cm³/mol. The van der Waals surface area contributed by atoms with Gasteiger partial charge < -0.3 is 4.74 Å². The minimum Gasteiger partial charge on any atom is -0.439 e. The van der Waals surface area contributed by atoms with Crippen molar-refractivity contribution in [2.75, 3.05) is 0 Å². The maximum atomic E-state index is 9.27. The number of nitrogens with zero attached hydrogens (tertiary/aromatic N) is 2. The molecule has 0 unspecified atom stereocenters. The van der Waals surface area contributed by atoms with E-state index in [0.29, 0.717) is 11.4 Å². The topological polar surface area (TPSA) is 45.9 Å². The molecule has 0 saturated carbocycles. The molecule has 0 aliphatic heterocycles. The number of pyridine rings is 1. The third-order valence-electron chi connectivity index (χ3n) is 3.34. The molecule has 3 heteroatoms. The Bertz CT molecular complexity index is 834. The zero-order valence-electron chi connectivity index (χ0n) is 11.7. The van der Waals surface area contributed by atoms with Crippen molar-refractivity contribution in [1.82, 2.24) is 4.98 Å². The minimum atomic E-state index is 0.443. The van der Waals surface area contributed by atoms with Crippen molar-refractivity contribution in [3.8, 4) is 17.7 Å². The van der Waals surface area contributed by atoms with Crippen LogP contribution in [0.1, 0.15) is 18.1 Å². The van der Waals surface area contributed by atoms with E-state index in [0.717, 1.165) is 23.1 Å². The van der Waals surface area contributed by atoms with Crippen LogP contribution in [-0.4, -0.2) is 4.98 Å². The summed E-state index contributed by atoms with van der Waals surface area (Å²) in [4.78, 5) is 4.46. The first-order chi connectivity index (χ1) is 10.3. The molecule has 3 nitrogen and oxygen atoms in total. The first-order valence-corrected chi connectivity index (χ1v) is 6.87. The summed E-state index contributed by atoms with van der Waals surface area (Å²) in [5.74, 6) is 1.18. The number of para-hydroxylation sites is 1. The molecule has 1 heterocycles. The van der Waals surface area contributed by atoms with Crippen LogP contribution in [0.3, 0.4) is 0 Å². The second kappa shape index (κ2) is 5.64. The minimum absolute atomic E-state index is 0.443. The van der Waals surface area contributed by atoms with Gasteiger partial charge in [0.1, 0.15) is 11.8 Å². The number of benzene rings is 2. The molecule has 3 rings (SSSR count). The fourth-order valence-electron chi connectivity index (χ4n) is 2.25. The predicted octanol–water partition coefficient (Wildman–Crippen LogP) is 4.46. The van der Waals surface area contributed by atoms with Crippen LogP contribution in [0.15, 0.2) is 54.6 Å². The highest BCUT2D eigenvalue weighted by atomic mass is 16.5. The van der Waals surface area contributed by atoms with Crippen LogP contribution in [0.25, 0.3) is 10.9 Å². The van der Waals surface area contributed by atoms with Crippen molar-refractivity contribution < 1.29 is 4.74 Å². The number of ether oxygens (including phenoxy) is 1. The van der Waals surface area contributed by atoms with E-state index >= 15 is 0 Å². The molecule has 0 atom stereocenters. The summed E-state index contributed by atoms with van der Waals surface area (Å²) >= 11 is 0. The lowest BCUT2D eigenvalue weighted by atomic mass is 10.1. The Morgan fingerprint density at radius 3 is 2.76 bits per heavy atom. The molecule has 0 aliphatic carbocycles. The van der Waals surface area contributed by atoms with Gasteiger partial charge in [-0.3, -0.25) is 0 Å². The normalized spacial score (nSPS) is 10.3. The molecule has 0 spiro atoms. The highest BCUT2D eigenvalue weighted by Crippen LogP contribution is 2.26. The zero-order chi connectivity index (χ0) is 14.7. The van der Waals surface area contributed by atoms with E-state index in [2.05, 4.69) is 24.0 Å². The second-order valence-corrected chi connectivity index (χ2v) is 4.74. The van der Waals surface area contributed by atoms with E-state index in [1.54, 1.807) is 6.07 Å². The summed E-state index contributed by atoms with van der Waals surface area (Å²) in [6.45, 7) is 2.10. The van der Waals surface area contributed by atoms with E-state index in [-0.39, 0.29) is 0 Å². The summed E-state index contributed by atoms with van der Waals surface area (Å²) in [6.07, 6.45) is 0.950. The Kier molecular flexibility index (Phi) is 3.53. The lowest BCUT2D eigenvalue weighted by molar-refractivity contribution is 0.464. The first-order valence-electron chi connectivity index (χ1n) is 6.87. The average molecular weight is 274 g/mol. The molecule has 102 valence electrons. The Labute approximate surface area is 123 Å². The van der Waals surface area contributed by atoms with Gasteiger partial charge in [-0.15, -0.1) is 0 Å². The van der Waals surface area contributed by atoms with Gasteiger partial charge in [-0.05, 0) is 30.2 Å². The van der Waals surface area contributed by atoms with Gasteiger partial charge in [0, 0.05) is 11.5 Å². The fourth-order valence-corrected chi connectivity index (χ4v) is 2.25. The molecule has 0 N–H and O–H groups in total. The molecular formula is C18H14N2O. The molecular weight excluding hydrogens is 260 g/mol. The number of rotatable bonds is 3. The number of hydrogen-bond donors (Lipinski definition) is 0. The van der Waals surface area contributed by atoms with Crippen molar-refractivity contribution in [2.45, 2.75) is 13.3 Å². The van der Waals surface area contributed by atoms with Crippen molar-refractivity contribution >= 4 is 10.9 Å². The van der Waals surface area contributed by atoms with Crippen LogP contribution in [-0.2, 0) is 6.42 Å². The van der Waals surface area contributed by atoms with Crippen molar-refractivity contribution in [3.63, 3.8) is 0 Å². The van der Waals surface area contributed by atoms with Crippen LogP contribution in [0.2, 0.25) is 0 Å². The van der Waals surface area contributed by atoms with Gasteiger partial charge >= 0.3 is 0 Å². The van der Waals surface area contributed by atoms with Crippen LogP contribution in [0, 0.1) is 11.3 Å². The van der Waals surface area contributed by atoms with E-state index in [1.165, 1.54) is 5.56 Å². The number of hydrogen-bond acceptors (Lipinski definition) is 3. The van der Waals surface area contributed by atoms with Crippen LogP contribution in [0.4, 0.5) is 0 Å². The van der Waals surface area contributed by atoms with E-state index in [1.807, 2.05) is 42.5 Å². The molecule has 21 heavy (non-hydrogen) atoms. The summed E-state index contributed by atoms with van der Waals surface area (Å²) in [7, 11) is 0. The van der Waals surface area contributed by atoms with Gasteiger partial charge in [0.2, 0.25) is 5.88 Å². The maximum Gasteiger partial charge on any atom is 0.221 e. The maximum absolute atomic E-state index is 9.27. The smallest absolute Gasteiger partial charge is 0.221 e. The monoisotopic (exact) mass is 274 g/mol. The molecule has 0 saturated heterocycles. The van der Waals surface area contributed by atoms with Crippen LogP contribution < -0.4 is 4.74 Å². The van der Waals surface area contributed by atoms with Gasteiger partial charge in [-0.1, -0.05) is 37.3 Å². The summed E-state index contributed by atoms with van der Waals surface area (Å²) in [5, 5.41) is 10.1. The van der Waals surface area contributed by atoms with Crippen molar-refractivity contribution in [1.29, 1.82) is 5.26 Å². The Balaban J connectivity index is 2.02. The van der Waals surface area contributed by atoms with Gasteiger partial charge in [0.05, 0.1) is 11.1 Å². The van der Waals surface area contributed by atoms with Gasteiger partial charge in [0.15, 0.2) is 0 Å². The molecule has 2 aromatic carbocycles. The lowest BCUT2D eigenvalue weighted by Crippen LogP contribution is -1.92. The van der Waals surface area contributed by atoms with Crippen LogP contribution in [0.5, 0.6) is 11.6 Å². The molecule has 0 radical (unpaired) electrons. The van der Waals surface area contributed by atoms with E-state index < -0.39 is 0 Å². The Morgan fingerprint density at radius 1 is 1.10 bits per heavy atom. The Hall–Kier alpha value is -2.86. The highest BCUT2D eigenvalue weighted by Gasteiger charge is 2.07. The largest absolute Gasteiger partial charge is 0.439 e. The fraction of sp³-hybridized carbons (Fsp3) is 0.111. The number of fused-ring (bicyclic) bond motifs is 1. The summed E-state index contributed by atoms with van der Waals surface area (Å²) in [6, 6.07) is 19.3. The molecule has 0 bridgehead atoms. The van der Waals surface area contributed by atoms with Crippen LogP contribution >= 0.6 is 0 Å². The summed E-state index contributed by atoms with van der Waals surface area (Å²) in [5.41, 5.74) is 2.54. The summed E-state index contributed by atoms with van der Waals surface area (Å²) < 4.78 is 5.81. The van der Waals surface area contributed by atoms with Gasteiger partial charge in [-0.25, -0.2) is 4.98 Å². The molecule has 0 fully saturated rings. The molecule has 0 aliphatic rings. The van der Waals surface area contributed by atoms with E-state index in [9.17, 15) is 5.26 Å². The second-order valence-electron chi connectivity index (χ2n) is 4.74.